The quantitative estimate of drug-likeness (QED) is 0.664. The average molecular weight is 366 g/mol. The van der Waals surface area contributed by atoms with Crippen LogP contribution in [0.15, 0.2) is 36.7 Å². The number of benzene rings is 1. The maximum atomic E-state index is 12.6. The molecule has 0 spiro atoms. The van der Waals surface area contributed by atoms with Crippen LogP contribution in [0.3, 0.4) is 0 Å². The molecule has 1 unspecified atom stereocenters. The number of hydrogen-bond acceptors (Lipinski definition) is 3. The van der Waals surface area contributed by atoms with Crippen LogP contribution in [0.1, 0.15) is 28.7 Å². The molecule has 0 saturated carbocycles. The Morgan fingerprint density at radius 1 is 1.30 bits per heavy atom. The summed E-state index contributed by atoms with van der Waals surface area (Å²) in [6.07, 6.45) is 4.62. The first-order valence-corrected chi connectivity index (χ1v) is 8.93. The second kappa shape index (κ2) is 6.79. The number of anilines is 1. The molecular formula is C19H22N6O2. The molecule has 1 aliphatic heterocycles. The van der Waals surface area contributed by atoms with Gasteiger partial charge in [0.15, 0.2) is 0 Å². The molecule has 3 N–H and O–H groups in total. The zero-order valence-corrected chi connectivity index (χ0v) is 15.3. The summed E-state index contributed by atoms with van der Waals surface area (Å²) < 4.78 is 2.01. The van der Waals surface area contributed by atoms with Crippen molar-refractivity contribution in [1.82, 2.24) is 24.8 Å². The van der Waals surface area contributed by atoms with Gasteiger partial charge in [0.05, 0.1) is 0 Å². The largest absolute Gasteiger partial charge is 0.354 e. The van der Waals surface area contributed by atoms with E-state index in [1.54, 1.807) is 19.3 Å². The van der Waals surface area contributed by atoms with E-state index in [0.717, 1.165) is 23.1 Å². The van der Waals surface area contributed by atoms with Crippen molar-refractivity contribution in [1.29, 1.82) is 0 Å². The van der Waals surface area contributed by atoms with Crippen molar-refractivity contribution in [3.63, 3.8) is 0 Å². The van der Waals surface area contributed by atoms with E-state index in [4.69, 9.17) is 0 Å². The third-order valence-corrected chi connectivity index (χ3v) is 5.04. The minimum Gasteiger partial charge on any atom is -0.354 e. The fraction of sp³-hybridized carbons (Fsp3) is 0.316. The first-order chi connectivity index (χ1) is 13.0. The number of nitrogens with one attached hydrogen (secondary N) is 3. The van der Waals surface area contributed by atoms with Gasteiger partial charge in [-0.1, -0.05) is 0 Å². The van der Waals surface area contributed by atoms with Crippen molar-refractivity contribution in [3.05, 3.63) is 48.2 Å². The smallest absolute Gasteiger partial charge is 0.321 e. The SMILES string of the molecule is CNC(=O)c1cc2cc(NC(=O)N3CCC(c4nccn4C)C3)ccc2[nH]1. The van der Waals surface area contributed by atoms with Gasteiger partial charge in [0.1, 0.15) is 11.5 Å². The Labute approximate surface area is 156 Å². The lowest BCUT2D eigenvalue weighted by molar-refractivity contribution is 0.0959. The average Bonchev–Trinajstić information content (AvgIpc) is 3.39. The number of carbonyl (C=O) groups is 2. The lowest BCUT2D eigenvalue weighted by Crippen LogP contribution is -2.32. The molecule has 8 nitrogen and oxygen atoms in total. The zero-order chi connectivity index (χ0) is 19.0. The van der Waals surface area contributed by atoms with Crippen LogP contribution < -0.4 is 10.6 Å². The maximum absolute atomic E-state index is 12.6. The maximum Gasteiger partial charge on any atom is 0.321 e. The number of aromatic amines is 1. The molecule has 1 saturated heterocycles. The predicted octanol–water partition coefficient (Wildman–Crippen LogP) is 2.28. The highest BCUT2D eigenvalue weighted by Crippen LogP contribution is 2.26. The van der Waals surface area contributed by atoms with Crippen LogP contribution in [0.25, 0.3) is 10.9 Å². The first-order valence-electron chi connectivity index (χ1n) is 8.93. The van der Waals surface area contributed by atoms with Crippen molar-refractivity contribution >= 4 is 28.5 Å². The van der Waals surface area contributed by atoms with Crippen molar-refractivity contribution in [3.8, 4) is 0 Å². The Kier molecular flexibility index (Phi) is 4.31. The number of imidazole rings is 1. The molecule has 1 aliphatic rings. The van der Waals surface area contributed by atoms with Gasteiger partial charge in [0.25, 0.3) is 5.91 Å². The van der Waals surface area contributed by atoms with E-state index in [1.807, 2.05) is 40.9 Å². The minimum atomic E-state index is -0.172. The molecule has 3 heterocycles. The molecule has 8 heteroatoms. The third kappa shape index (κ3) is 3.25. The Hall–Kier alpha value is -3.29. The van der Waals surface area contributed by atoms with Crippen LogP contribution in [0.4, 0.5) is 10.5 Å². The van der Waals surface area contributed by atoms with Crippen LogP contribution in [0.2, 0.25) is 0 Å². The van der Waals surface area contributed by atoms with E-state index in [9.17, 15) is 9.59 Å². The molecule has 0 radical (unpaired) electrons. The molecule has 140 valence electrons. The number of fused-ring (bicyclic) bond motifs is 1. The van der Waals surface area contributed by atoms with E-state index >= 15 is 0 Å². The summed E-state index contributed by atoms with van der Waals surface area (Å²) in [6.45, 7) is 1.36. The lowest BCUT2D eigenvalue weighted by atomic mass is 10.1. The van der Waals surface area contributed by atoms with Crippen LogP contribution in [-0.2, 0) is 7.05 Å². The summed E-state index contributed by atoms with van der Waals surface area (Å²) in [7, 11) is 3.57. The standard InChI is InChI=1S/C19H22N6O2/c1-20-18(26)16-10-13-9-14(3-4-15(13)23-16)22-19(27)25-7-5-12(11-25)17-21-6-8-24(17)2/h3-4,6,8-10,12,23H,5,7,11H2,1-2H3,(H,20,26)(H,22,27). The second-order valence-corrected chi connectivity index (χ2v) is 6.82. The highest BCUT2D eigenvalue weighted by atomic mass is 16.2. The molecular weight excluding hydrogens is 344 g/mol. The fourth-order valence-corrected chi connectivity index (χ4v) is 3.60. The van der Waals surface area contributed by atoms with Crippen LogP contribution in [0, 0.1) is 0 Å². The monoisotopic (exact) mass is 366 g/mol. The van der Waals surface area contributed by atoms with Crippen LogP contribution in [0.5, 0.6) is 0 Å². The van der Waals surface area contributed by atoms with Gasteiger partial charge in [-0.15, -0.1) is 0 Å². The molecule has 0 bridgehead atoms. The number of rotatable bonds is 3. The normalized spacial score (nSPS) is 16.7. The van der Waals surface area contributed by atoms with Gasteiger partial charge >= 0.3 is 6.03 Å². The summed E-state index contributed by atoms with van der Waals surface area (Å²) in [6, 6.07) is 7.21. The molecule has 0 aliphatic carbocycles. The summed E-state index contributed by atoms with van der Waals surface area (Å²) in [5.74, 6) is 1.10. The van der Waals surface area contributed by atoms with Crippen molar-refractivity contribution in [2.24, 2.45) is 7.05 Å². The number of nitrogens with zero attached hydrogens (tertiary/aromatic N) is 3. The van der Waals surface area contributed by atoms with Crippen LogP contribution >= 0.6 is 0 Å². The number of carbonyl (C=O) groups excluding carboxylic acids is 2. The Morgan fingerprint density at radius 2 is 2.15 bits per heavy atom. The van der Waals surface area contributed by atoms with Gasteiger partial charge in [0, 0.05) is 62.1 Å². The topological polar surface area (TPSA) is 95.1 Å². The zero-order valence-electron chi connectivity index (χ0n) is 15.3. The van der Waals surface area contributed by atoms with Crippen molar-refractivity contribution in [2.45, 2.75) is 12.3 Å². The van der Waals surface area contributed by atoms with E-state index in [1.165, 1.54) is 0 Å². The number of H-pyrrole nitrogens is 1. The second-order valence-electron chi connectivity index (χ2n) is 6.82. The van der Waals surface area contributed by atoms with E-state index in [0.29, 0.717) is 24.5 Å². The third-order valence-electron chi connectivity index (χ3n) is 5.04. The van der Waals surface area contributed by atoms with Gasteiger partial charge in [-0.05, 0) is 30.7 Å². The number of likely N-dealkylation sites (tertiary alicyclic amines) is 1. The van der Waals surface area contributed by atoms with Gasteiger partial charge in [-0.25, -0.2) is 9.78 Å². The molecule has 3 aromatic rings. The molecule has 27 heavy (non-hydrogen) atoms. The number of amides is 3. The van der Waals surface area contributed by atoms with E-state index < -0.39 is 0 Å². The highest BCUT2D eigenvalue weighted by molar-refractivity contribution is 5.99. The molecule has 4 rings (SSSR count). The Bertz CT molecular complexity index is 1000. The Morgan fingerprint density at radius 3 is 2.89 bits per heavy atom. The molecule has 1 atom stereocenters. The highest BCUT2D eigenvalue weighted by Gasteiger charge is 2.29. The number of urea groups is 1. The van der Waals surface area contributed by atoms with Crippen molar-refractivity contribution < 1.29 is 9.59 Å². The molecule has 1 aromatic carbocycles. The molecule has 2 aromatic heterocycles. The molecule has 1 fully saturated rings. The summed E-state index contributed by atoms with van der Waals surface area (Å²) in [5, 5.41) is 6.42. The van der Waals surface area contributed by atoms with Crippen molar-refractivity contribution in [2.75, 3.05) is 25.5 Å². The fourth-order valence-electron chi connectivity index (χ4n) is 3.60. The van der Waals surface area contributed by atoms with E-state index in [2.05, 4.69) is 20.6 Å². The van der Waals surface area contributed by atoms with Gasteiger partial charge < -0.3 is 25.1 Å². The summed E-state index contributed by atoms with van der Waals surface area (Å²) in [4.78, 5) is 33.7. The van der Waals surface area contributed by atoms with Gasteiger partial charge in [0.2, 0.25) is 0 Å². The predicted molar refractivity (Wildman–Crippen MR) is 103 cm³/mol. The Balaban J connectivity index is 1.45. The number of hydrogen-bond donors (Lipinski definition) is 3. The summed E-state index contributed by atoms with van der Waals surface area (Å²) in [5.41, 5.74) is 2.05. The first kappa shape index (κ1) is 17.1. The lowest BCUT2D eigenvalue weighted by Gasteiger charge is -2.17. The minimum absolute atomic E-state index is 0.117. The van der Waals surface area contributed by atoms with Gasteiger partial charge in [-0.2, -0.15) is 0 Å². The summed E-state index contributed by atoms with van der Waals surface area (Å²) >= 11 is 0. The van der Waals surface area contributed by atoms with Gasteiger partial charge in [-0.3, -0.25) is 4.79 Å². The number of aromatic nitrogens is 3. The molecule has 3 amide bonds. The van der Waals surface area contributed by atoms with Crippen LogP contribution in [-0.4, -0.2) is 51.5 Å². The van der Waals surface area contributed by atoms with E-state index in [-0.39, 0.29) is 17.9 Å². The number of aryl methyl sites for hydroxylation is 1.